The first-order chi connectivity index (χ1) is 26.0. The molecule has 0 atom stereocenters. The molecule has 0 aliphatic heterocycles. The molecule has 0 aromatic heterocycles. The van der Waals surface area contributed by atoms with Crippen LogP contribution in [0.4, 0.5) is 0 Å². The van der Waals surface area contributed by atoms with Gasteiger partial charge in [-0.25, -0.2) is 0 Å². The van der Waals surface area contributed by atoms with Gasteiger partial charge in [0, 0.05) is 5.41 Å². The second-order valence-electron chi connectivity index (χ2n) is 15.2. The van der Waals surface area contributed by atoms with Gasteiger partial charge in [0.05, 0.1) is 0 Å². The summed E-state index contributed by atoms with van der Waals surface area (Å²) in [4.78, 5) is 0. The molecule has 0 fully saturated rings. The lowest BCUT2D eigenvalue weighted by molar-refractivity contribution is 0.666. The molecule has 10 aromatic rings. The molecule has 0 bridgehead atoms. The van der Waals surface area contributed by atoms with E-state index in [1.807, 2.05) is 0 Å². The van der Waals surface area contributed by atoms with Gasteiger partial charge in [0.25, 0.3) is 0 Å². The minimum Gasteiger partial charge on any atom is -0.0616 e. The SMILES string of the molecule is CC1(C)c2ccc(-c3cc(-c4c5ccccc5c(-c5ccc6ccccc6c5)c5ccccc45)c4ccccc4c3)cc2-c2ccc3ccccc3c21. The van der Waals surface area contributed by atoms with Gasteiger partial charge in [-0.1, -0.05) is 172 Å². The normalized spacial score (nSPS) is 13.2. The van der Waals surface area contributed by atoms with Gasteiger partial charge in [-0.05, 0) is 134 Å². The third-order valence-corrected chi connectivity index (χ3v) is 12.0. The van der Waals surface area contributed by atoms with Gasteiger partial charge >= 0.3 is 0 Å². The third-order valence-electron chi connectivity index (χ3n) is 12.0. The summed E-state index contributed by atoms with van der Waals surface area (Å²) in [5.41, 5.74) is 13.0. The van der Waals surface area contributed by atoms with Crippen LogP contribution in [-0.4, -0.2) is 0 Å². The van der Waals surface area contributed by atoms with Crippen LogP contribution in [0, 0.1) is 0 Å². The summed E-state index contributed by atoms with van der Waals surface area (Å²) < 4.78 is 0. The lowest BCUT2D eigenvalue weighted by atomic mass is 9.80. The largest absolute Gasteiger partial charge is 0.0616 e. The van der Waals surface area contributed by atoms with Crippen molar-refractivity contribution in [2.45, 2.75) is 19.3 Å². The van der Waals surface area contributed by atoms with Crippen molar-refractivity contribution < 1.29 is 0 Å². The predicted molar refractivity (Wildman–Crippen MR) is 228 cm³/mol. The van der Waals surface area contributed by atoms with Crippen LogP contribution in [-0.2, 0) is 5.41 Å². The van der Waals surface area contributed by atoms with E-state index in [2.05, 4.69) is 196 Å². The van der Waals surface area contributed by atoms with Crippen molar-refractivity contribution in [3.05, 3.63) is 193 Å². The second-order valence-corrected chi connectivity index (χ2v) is 15.2. The maximum Gasteiger partial charge on any atom is 0.0165 e. The van der Waals surface area contributed by atoms with Crippen molar-refractivity contribution in [2.75, 3.05) is 0 Å². The van der Waals surface area contributed by atoms with Gasteiger partial charge in [-0.15, -0.1) is 0 Å². The minimum absolute atomic E-state index is 0.0801. The third kappa shape index (κ3) is 4.42. The molecule has 0 N–H and O–H groups in total. The lowest BCUT2D eigenvalue weighted by Crippen LogP contribution is -2.15. The number of rotatable bonds is 3. The Hall–Kier alpha value is -6.50. The van der Waals surface area contributed by atoms with Gasteiger partial charge in [0.15, 0.2) is 0 Å². The first kappa shape index (κ1) is 30.2. The van der Waals surface area contributed by atoms with Crippen molar-refractivity contribution in [1.82, 2.24) is 0 Å². The van der Waals surface area contributed by atoms with Crippen LogP contribution in [0.2, 0.25) is 0 Å². The fourth-order valence-corrected chi connectivity index (χ4v) is 9.55. The number of fused-ring (bicyclic) bond motifs is 9. The monoisotopic (exact) mass is 672 g/mol. The molecule has 0 heterocycles. The second kappa shape index (κ2) is 11.2. The molecule has 0 heteroatoms. The topological polar surface area (TPSA) is 0 Å². The number of hydrogen-bond acceptors (Lipinski definition) is 0. The van der Waals surface area contributed by atoms with Gasteiger partial charge < -0.3 is 0 Å². The molecule has 1 aliphatic carbocycles. The van der Waals surface area contributed by atoms with Crippen molar-refractivity contribution in [3.63, 3.8) is 0 Å². The molecule has 0 unspecified atom stereocenters. The summed E-state index contributed by atoms with van der Waals surface area (Å²) in [6, 6.07) is 68.0. The Morgan fingerprint density at radius 3 is 1.53 bits per heavy atom. The van der Waals surface area contributed by atoms with Crippen LogP contribution >= 0.6 is 0 Å². The fraction of sp³-hybridized carbons (Fsp3) is 0.0566. The van der Waals surface area contributed by atoms with E-state index in [9.17, 15) is 0 Å². The summed E-state index contributed by atoms with van der Waals surface area (Å²) in [7, 11) is 0. The highest BCUT2D eigenvalue weighted by molar-refractivity contribution is 6.24. The zero-order valence-corrected chi connectivity index (χ0v) is 29.8. The number of benzene rings is 10. The molecular weight excluding hydrogens is 637 g/mol. The first-order valence-electron chi connectivity index (χ1n) is 18.7. The quantitative estimate of drug-likeness (QED) is 0.164. The van der Waals surface area contributed by atoms with Crippen LogP contribution < -0.4 is 0 Å². The molecule has 11 rings (SSSR count). The Morgan fingerprint density at radius 1 is 0.302 bits per heavy atom. The smallest absolute Gasteiger partial charge is 0.0165 e. The van der Waals surface area contributed by atoms with E-state index in [1.165, 1.54) is 109 Å². The molecule has 10 aromatic carbocycles. The molecule has 0 saturated heterocycles. The highest BCUT2D eigenvalue weighted by atomic mass is 14.4. The van der Waals surface area contributed by atoms with E-state index >= 15 is 0 Å². The molecule has 0 spiro atoms. The first-order valence-corrected chi connectivity index (χ1v) is 18.7. The summed E-state index contributed by atoms with van der Waals surface area (Å²) in [6.45, 7) is 4.77. The predicted octanol–water partition coefficient (Wildman–Crippen LogP) is 14.8. The maximum atomic E-state index is 2.45. The molecule has 0 nitrogen and oxygen atoms in total. The molecule has 0 amide bonds. The Kier molecular flexibility index (Phi) is 6.40. The molecule has 53 heavy (non-hydrogen) atoms. The highest BCUT2D eigenvalue weighted by Gasteiger charge is 2.37. The van der Waals surface area contributed by atoms with Crippen molar-refractivity contribution in [3.8, 4) is 44.5 Å². The van der Waals surface area contributed by atoms with Crippen LogP contribution in [0.25, 0.3) is 98.4 Å². The Labute approximate surface area is 309 Å². The van der Waals surface area contributed by atoms with E-state index in [4.69, 9.17) is 0 Å². The van der Waals surface area contributed by atoms with Gasteiger partial charge in [0.2, 0.25) is 0 Å². The zero-order valence-electron chi connectivity index (χ0n) is 29.8. The number of hydrogen-bond donors (Lipinski definition) is 0. The zero-order chi connectivity index (χ0) is 35.3. The molecular formula is C53H36. The van der Waals surface area contributed by atoms with Crippen LogP contribution in [0.5, 0.6) is 0 Å². The fourth-order valence-electron chi connectivity index (χ4n) is 9.55. The Bertz CT molecular complexity index is 3080. The molecule has 1 aliphatic rings. The van der Waals surface area contributed by atoms with Crippen molar-refractivity contribution in [2.24, 2.45) is 0 Å². The summed E-state index contributed by atoms with van der Waals surface area (Å²) in [6.07, 6.45) is 0. The minimum atomic E-state index is -0.0801. The standard InChI is InChI=1S/C53H36/c1-53(2)49-28-26-36(31-47(49)46-27-25-34-14-5-8-18-41(34)52(46)53)39-30-37-16-6-7-17-40(37)48(32-39)51-44-21-11-9-19-42(44)50(43-20-10-12-22-45(43)51)38-24-23-33-13-3-4-15-35(33)29-38/h3-32H,1-2H3. The van der Waals surface area contributed by atoms with E-state index in [-0.39, 0.29) is 5.41 Å². The Balaban J connectivity index is 1.17. The highest BCUT2D eigenvalue weighted by Crippen LogP contribution is 2.53. The van der Waals surface area contributed by atoms with Crippen LogP contribution in [0.1, 0.15) is 25.0 Å². The lowest BCUT2D eigenvalue weighted by Gasteiger charge is -2.23. The van der Waals surface area contributed by atoms with E-state index < -0.39 is 0 Å². The maximum absolute atomic E-state index is 2.45. The van der Waals surface area contributed by atoms with E-state index in [1.54, 1.807) is 0 Å². The van der Waals surface area contributed by atoms with Crippen LogP contribution in [0.3, 0.4) is 0 Å². The van der Waals surface area contributed by atoms with Crippen molar-refractivity contribution in [1.29, 1.82) is 0 Å². The molecule has 248 valence electrons. The molecule has 0 radical (unpaired) electrons. The van der Waals surface area contributed by atoms with Crippen LogP contribution in [0.15, 0.2) is 182 Å². The van der Waals surface area contributed by atoms with E-state index in [0.29, 0.717) is 0 Å². The summed E-state index contributed by atoms with van der Waals surface area (Å²) >= 11 is 0. The van der Waals surface area contributed by atoms with Gasteiger partial charge in [0.1, 0.15) is 0 Å². The average molecular weight is 673 g/mol. The summed E-state index contributed by atoms with van der Waals surface area (Å²) in [5.74, 6) is 0. The van der Waals surface area contributed by atoms with Gasteiger partial charge in [-0.3, -0.25) is 0 Å². The van der Waals surface area contributed by atoms with Crippen molar-refractivity contribution >= 4 is 53.9 Å². The van der Waals surface area contributed by atoms with Gasteiger partial charge in [-0.2, -0.15) is 0 Å². The average Bonchev–Trinajstić information content (AvgIpc) is 3.45. The Morgan fingerprint density at radius 2 is 0.811 bits per heavy atom. The van der Waals surface area contributed by atoms with E-state index in [0.717, 1.165) is 0 Å². The molecule has 0 saturated carbocycles. The summed E-state index contributed by atoms with van der Waals surface area (Å²) in [5, 5.41) is 12.8.